The van der Waals surface area contributed by atoms with Gasteiger partial charge in [-0.2, -0.15) is 15.0 Å². The highest BCUT2D eigenvalue weighted by atomic mass is 16.5. The van der Waals surface area contributed by atoms with Gasteiger partial charge in [-0.05, 0) is 20.3 Å². The fourth-order valence-electron chi connectivity index (χ4n) is 1.17. The Morgan fingerprint density at radius 3 is 2.42 bits per heavy atom. The highest BCUT2D eigenvalue weighted by Gasteiger charge is 2.17. The third-order valence-corrected chi connectivity index (χ3v) is 2.50. The lowest BCUT2D eigenvalue weighted by Crippen LogP contribution is -2.32. The van der Waals surface area contributed by atoms with E-state index in [0.29, 0.717) is 31.1 Å². The van der Waals surface area contributed by atoms with Crippen molar-refractivity contribution in [1.82, 2.24) is 15.0 Å². The molecule has 0 aliphatic carbocycles. The Morgan fingerprint density at radius 1 is 1.16 bits per heavy atom. The normalized spacial score (nSPS) is 11.2. The summed E-state index contributed by atoms with van der Waals surface area (Å²) < 4.78 is 10.8. The van der Waals surface area contributed by atoms with Crippen molar-refractivity contribution in [3.8, 4) is 6.01 Å². The van der Waals surface area contributed by atoms with Gasteiger partial charge in [0.1, 0.15) is 0 Å². The number of nitrogens with one attached hydrogen (secondary N) is 2. The van der Waals surface area contributed by atoms with Crippen molar-refractivity contribution in [1.29, 1.82) is 0 Å². The van der Waals surface area contributed by atoms with E-state index in [1.165, 1.54) is 0 Å². The second-order valence-corrected chi connectivity index (χ2v) is 4.68. The molecule has 19 heavy (non-hydrogen) atoms. The topological polar surface area (TPSA) is 81.2 Å². The second kappa shape index (κ2) is 7.08. The molecular weight excluding hydrogens is 246 g/mol. The minimum Gasteiger partial charge on any atom is -0.463 e. The number of ether oxygens (including phenoxy) is 2. The van der Waals surface area contributed by atoms with Crippen LogP contribution < -0.4 is 15.4 Å². The summed E-state index contributed by atoms with van der Waals surface area (Å²) in [5, 5.41) is 6.00. The van der Waals surface area contributed by atoms with Crippen molar-refractivity contribution < 1.29 is 9.47 Å². The van der Waals surface area contributed by atoms with Gasteiger partial charge in [0.15, 0.2) is 0 Å². The van der Waals surface area contributed by atoms with E-state index in [4.69, 9.17) is 9.47 Å². The SMILES string of the molecule is CCCOc1nc(NC)nc(NCC(C)(C)OC)n1. The Hall–Kier alpha value is -1.63. The van der Waals surface area contributed by atoms with Crippen LogP contribution in [0.5, 0.6) is 6.01 Å². The number of hydrogen-bond donors (Lipinski definition) is 2. The van der Waals surface area contributed by atoms with Crippen LogP contribution in [0.3, 0.4) is 0 Å². The second-order valence-electron chi connectivity index (χ2n) is 4.68. The van der Waals surface area contributed by atoms with Crippen LogP contribution >= 0.6 is 0 Å². The molecule has 1 rings (SSSR count). The lowest BCUT2D eigenvalue weighted by atomic mass is 10.1. The molecule has 7 nitrogen and oxygen atoms in total. The van der Waals surface area contributed by atoms with Gasteiger partial charge in [0.25, 0.3) is 0 Å². The number of rotatable bonds is 8. The zero-order valence-electron chi connectivity index (χ0n) is 12.3. The van der Waals surface area contributed by atoms with Crippen molar-refractivity contribution in [3.63, 3.8) is 0 Å². The van der Waals surface area contributed by atoms with Crippen LogP contribution in [0.1, 0.15) is 27.2 Å². The van der Waals surface area contributed by atoms with E-state index in [1.54, 1.807) is 14.2 Å². The van der Waals surface area contributed by atoms with Gasteiger partial charge in [-0.1, -0.05) is 6.92 Å². The van der Waals surface area contributed by atoms with Gasteiger partial charge in [0, 0.05) is 20.7 Å². The first-order chi connectivity index (χ1) is 9.00. The average molecular weight is 269 g/mol. The van der Waals surface area contributed by atoms with Crippen LogP contribution in [0.15, 0.2) is 0 Å². The molecule has 1 aromatic heterocycles. The molecule has 0 bridgehead atoms. The molecule has 108 valence electrons. The summed E-state index contributed by atoms with van der Waals surface area (Å²) in [5.41, 5.74) is -0.295. The molecule has 7 heteroatoms. The number of hydrogen-bond acceptors (Lipinski definition) is 7. The van der Waals surface area contributed by atoms with Gasteiger partial charge in [0.2, 0.25) is 11.9 Å². The fourth-order valence-corrected chi connectivity index (χ4v) is 1.17. The molecule has 2 N–H and O–H groups in total. The Bertz CT molecular complexity index is 398. The van der Waals surface area contributed by atoms with Crippen molar-refractivity contribution in [2.45, 2.75) is 32.8 Å². The molecule has 0 saturated heterocycles. The maximum absolute atomic E-state index is 5.42. The minimum atomic E-state index is -0.295. The molecular formula is C12H23N5O2. The molecule has 1 aromatic rings. The van der Waals surface area contributed by atoms with Crippen molar-refractivity contribution in [2.75, 3.05) is 37.9 Å². The zero-order valence-corrected chi connectivity index (χ0v) is 12.3. The van der Waals surface area contributed by atoms with Crippen LogP contribution in [-0.4, -0.2) is 47.9 Å². The quantitative estimate of drug-likeness (QED) is 0.740. The molecule has 0 aromatic carbocycles. The van der Waals surface area contributed by atoms with E-state index < -0.39 is 0 Å². The van der Waals surface area contributed by atoms with E-state index in [-0.39, 0.29) is 5.60 Å². The molecule has 0 aliphatic heterocycles. The van der Waals surface area contributed by atoms with Crippen LogP contribution in [0.4, 0.5) is 11.9 Å². The third-order valence-electron chi connectivity index (χ3n) is 2.50. The van der Waals surface area contributed by atoms with Crippen LogP contribution in [0.25, 0.3) is 0 Å². The van der Waals surface area contributed by atoms with E-state index >= 15 is 0 Å². The van der Waals surface area contributed by atoms with E-state index in [0.717, 1.165) is 6.42 Å². The monoisotopic (exact) mass is 269 g/mol. The van der Waals surface area contributed by atoms with E-state index in [2.05, 4.69) is 25.6 Å². The molecule has 0 saturated carbocycles. The Morgan fingerprint density at radius 2 is 1.84 bits per heavy atom. The molecule has 0 unspecified atom stereocenters. The van der Waals surface area contributed by atoms with Gasteiger partial charge in [0.05, 0.1) is 12.2 Å². The maximum Gasteiger partial charge on any atom is 0.323 e. The van der Waals surface area contributed by atoms with Gasteiger partial charge >= 0.3 is 6.01 Å². The van der Waals surface area contributed by atoms with Gasteiger partial charge in [-0.3, -0.25) is 0 Å². The fraction of sp³-hybridized carbons (Fsp3) is 0.750. The average Bonchev–Trinajstić information content (AvgIpc) is 2.42. The number of anilines is 2. The lowest BCUT2D eigenvalue weighted by Gasteiger charge is -2.23. The highest BCUT2D eigenvalue weighted by Crippen LogP contribution is 2.13. The number of methoxy groups -OCH3 is 1. The summed E-state index contributed by atoms with van der Waals surface area (Å²) in [6, 6.07) is 0.318. The zero-order chi connectivity index (χ0) is 14.3. The molecule has 0 fully saturated rings. The van der Waals surface area contributed by atoms with Crippen LogP contribution in [0.2, 0.25) is 0 Å². The Labute approximate surface area is 114 Å². The van der Waals surface area contributed by atoms with Gasteiger partial charge < -0.3 is 20.1 Å². The van der Waals surface area contributed by atoms with Gasteiger partial charge in [-0.25, -0.2) is 0 Å². The van der Waals surface area contributed by atoms with Crippen LogP contribution in [-0.2, 0) is 4.74 Å². The lowest BCUT2D eigenvalue weighted by molar-refractivity contribution is 0.0342. The molecule has 0 radical (unpaired) electrons. The maximum atomic E-state index is 5.42. The van der Waals surface area contributed by atoms with Gasteiger partial charge in [-0.15, -0.1) is 0 Å². The predicted octanol–water partition coefficient (Wildman–Crippen LogP) is 1.54. The van der Waals surface area contributed by atoms with Crippen molar-refractivity contribution >= 4 is 11.9 Å². The predicted molar refractivity (Wildman–Crippen MR) is 74.7 cm³/mol. The molecule has 0 aliphatic rings. The summed E-state index contributed by atoms with van der Waals surface area (Å²) in [5.74, 6) is 0.939. The Kier molecular flexibility index (Phi) is 5.75. The summed E-state index contributed by atoms with van der Waals surface area (Å²) in [7, 11) is 3.42. The minimum absolute atomic E-state index is 0.295. The van der Waals surface area contributed by atoms with Crippen molar-refractivity contribution in [2.24, 2.45) is 0 Å². The first-order valence-electron chi connectivity index (χ1n) is 6.36. The summed E-state index contributed by atoms with van der Waals surface area (Å²) in [6.45, 7) is 7.16. The summed E-state index contributed by atoms with van der Waals surface area (Å²) in [6.07, 6.45) is 0.903. The summed E-state index contributed by atoms with van der Waals surface area (Å²) in [4.78, 5) is 12.5. The highest BCUT2D eigenvalue weighted by molar-refractivity contribution is 5.35. The van der Waals surface area contributed by atoms with E-state index in [9.17, 15) is 0 Å². The number of nitrogens with zero attached hydrogens (tertiary/aromatic N) is 3. The molecule has 0 spiro atoms. The smallest absolute Gasteiger partial charge is 0.323 e. The first kappa shape index (κ1) is 15.4. The third kappa shape index (κ3) is 5.25. The van der Waals surface area contributed by atoms with Crippen molar-refractivity contribution in [3.05, 3.63) is 0 Å². The largest absolute Gasteiger partial charge is 0.463 e. The Balaban J connectivity index is 2.76. The summed E-state index contributed by atoms with van der Waals surface area (Å²) >= 11 is 0. The molecule has 1 heterocycles. The number of aromatic nitrogens is 3. The first-order valence-corrected chi connectivity index (χ1v) is 6.36. The van der Waals surface area contributed by atoms with Crippen LogP contribution in [0, 0.1) is 0 Å². The molecule has 0 atom stereocenters. The molecule has 0 amide bonds. The van der Waals surface area contributed by atoms with E-state index in [1.807, 2.05) is 20.8 Å². The standard InChI is InChI=1S/C12H23N5O2/c1-6-7-19-11-16-9(13-4)15-10(17-11)14-8-12(2,3)18-5/h6-8H2,1-5H3,(H2,13,14,15,16,17).